The van der Waals surface area contributed by atoms with Gasteiger partial charge in [-0.05, 0) is 69.7 Å². The van der Waals surface area contributed by atoms with Gasteiger partial charge >= 0.3 is 5.97 Å². The standard InChI is InChI=1S/C21H25NO4S/c1-5-25-21(24)18-15-7-6-8-17(15)27-20(18)22-19(23)14(4)26-16-11-12(2)9-10-13(16)3/h9-11,14H,5-8H2,1-4H3,(H,22,23). The van der Waals surface area contributed by atoms with E-state index < -0.39 is 6.10 Å². The number of hydrogen-bond acceptors (Lipinski definition) is 5. The molecule has 3 rings (SSSR count). The van der Waals surface area contributed by atoms with Crippen LogP contribution in [0.3, 0.4) is 0 Å². The zero-order valence-electron chi connectivity index (χ0n) is 16.2. The van der Waals surface area contributed by atoms with Crippen LogP contribution in [-0.4, -0.2) is 24.6 Å². The Balaban J connectivity index is 1.77. The van der Waals surface area contributed by atoms with Crippen LogP contribution in [0.5, 0.6) is 5.75 Å². The Kier molecular flexibility index (Phi) is 5.85. The number of hydrogen-bond donors (Lipinski definition) is 1. The molecule has 27 heavy (non-hydrogen) atoms. The molecule has 1 amide bonds. The van der Waals surface area contributed by atoms with E-state index in [0.717, 1.165) is 40.8 Å². The van der Waals surface area contributed by atoms with Gasteiger partial charge in [0, 0.05) is 4.88 Å². The van der Waals surface area contributed by atoms with Crippen LogP contribution in [-0.2, 0) is 22.4 Å². The highest BCUT2D eigenvalue weighted by molar-refractivity contribution is 7.17. The van der Waals surface area contributed by atoms with Crippen LogP contribution in [0.1, 0.15) is 52.2 Å². The molecule has 6 heteroatoms. The van der Waals surface area contributed by atoms with Gasteiger partial charge in [0.1, 0.15) is 10.8 Å². The van der Waals surface area contributed by atoms with E-state index >= 15 is 0 Å². The number of ether oxygens (including phenoxy) is 2. The molecule has 1 aliphatic rings. The van der Waals surface area contributed by atoms with Crippen molar-refractivity contribution in [1.82, 2.24) is 0 Å². The lowest BCUT2D eigenvalue weighted by Gasteiger charge is -2.17. The van der Waals surface area contributed by atoms with Crippen molar-refractivity contribution in [2.75, 3.05) is 11.9 Å². The number of aryl methyl sites for hydroxylation is 3. The maximum atomic E-state index is 12.7. The van der Waals surface area contributed by atoms with Gasteiger partial charge in [0.15, 0.2) is 6.10 Å². The number of carbonyl (C=O) groups is 2. The minimum Gasteiger partial charge on any atom is -0.481 e. The SMILES string of the molecule is CCOC(=O)c1c(NC(=O)C(C)Oc2cc(C)ccc2C)sc2c1CCC2. The minimum absolute atomic E-state index is 0.277. The van der Waals surface area contributed by atoms with Gasteiger partial charge in [-0.25, -0.2) is 4.79 Å². The number of esters is 1. The van der Waals surface area contributed by atoms with Gasteiger partial charge in [-0.3, -0.25) is 4.79 Å². The minimum atomic E-state index is -0.683. The number of thiophene rings is 1. The molecule has 0 bridgehead atoms. The molecule has 0 fully saturated rings. The maximum absolute atomic E-state index is 12.7. The maximum Gasteiger partial charge on any atom is 0.341 e. The first-order valence-electron chi connectivity index (χ1n) is 9.27. The van der Waals surface area contributed by atoms with Crippen LogP contribution in [0.2, 0.25) is 0 Å². The quantitative estimate of drug-likeness (QED) is 0.745. The molecule has 1 heterocycles. The summed E-state index contributed by atoms with van der Waals surface area (Å²) in [6, 6.07) is 5.90. The van der Waals surface area contributed by atoms with Gasteiger partial charge in [-0.15, -0.1) is 11.3 Å². The van der Waals surface area contributed by atoms with E-state index in [4.69, 9.17) is 9.47 Å². The van der Waals surface area contributed by atoms with Gasteiger partial charge in [0.25, 0.3) is 5.91 Å². The van der Waals surface area contributed by atoms with E-state index in [2.05, 4.69) is 5.32 Å². The fourth-order valence-corrected chi connectivity index (χ4v) is 4.48. The predicted molar refractivity (Wildman–Crippen MR) is 107 cm³/mol. The summed E-state index contributed by atoms with van der Waals surface area (Å²) in [6.07, 6.45) is 2.15. The Bertz CT molecular complexity index is 871. The Morgan fingerprint density at radius 3 is 2.78 bits per heavy atom. The Labute approximate surface area is 163 Å². The molecule has 1 aliphatic carbocycles. The largest absolute Gasteiger partial charge is 0.481 e. The summed E-state index contributed by atoms with van der Waals surface area (Å²) < 4.78 is 11.1. The molecule has 0 saturated carbocycles. The first-order valence-corrected chi connectivity index (χ1v) is 10.1. The van der Waals surface area contributed by atoms with E-state index in [1.54, 1.807) is 13.8 Å². The highest BCUT2D eigenvalue weighted by atomic mass is 32.1. The first-order chi connectivity index (χ1) is 12.9. The third-order valence-electron chi connectivity index (χ3n) is 4.65. The fraction of sp³-hybridized carbons (Fsp3) is 0.429. The number of amides is 1. The molecule has 2 aromatic rings. The third kappa shape index (κ3) is 4.16. The summed E-state index contributed by atoms with van der Waals surface area (Å²) in [7, 11) is 0. The molecule has 0 aliphatic heterocycles. The average Bonchev–Trinajstić information content (AvgIpc) is 3.18. The van der Waals surface area contributed by atoms with Crippen molar-refractivity contribution in [3.8, 4) is 5.75 Å². The highest BCUT2D eigenvalue weighted by Gasteiger charge is 2.29. The Morgan fingerprint density at radius 1 is 1.26 bits per heavy atom. The van der Waals surface area contributed by atoms with Crippen molar-refractivity contribution in [2.45, 2.75) is 53.1 Å². The van der Waals surface area contributed by atoms with Gasteiger partial charge in [-0.1, -0.05) is 12.1 Å². The molecular weight excluding hydrogens is 362 g/mol. The number of rotatable bonds is 6. The van der Waals surface area contributed by atoms with Crippen molar-refractivity contribution in [2.24, 2.45) is 0 Å². The second-order valence-electron chi connectivity index (χ2n) is 6.80. The number of carbonyl (C=O) groups excluding carboxylic acids is 2. The summed E-state index contributed by atoms with van der Waals surface area (Å²) in [5.41, 5.74) is 3.59. The monoisotopic (exact) mass is 387 g/mol. The normalized spacial score (nSPS) is 13.8. The smallest absolute Gasteiger partial charge is 0.341 e. The van der Waals surface area contributed by atoms with Crippen molar-refractivity contribution in [3.05, 3.63) is 45.3 Å². The molecule has 1 N–H and O–H groups in total. The predicted octanol–water partition coefficient (Wildman–Crippen LogP) is 4.44. The fourth-order valence-electron chi connectivity index (χ4n) is 3.20. The average molecular weight is 388 g/mol. The van der Waals surface area contributed by atoms with Crippen molar-refractivity contribution < 1.29 is 19.1 Å². The lowest BCUT2D eigenvalue weighted by molar-refractivity contribution is -0.122. The zero-order valence-corrected chi connectivity index (χ0v) is 17.0. The molecule has 0 saturated heterocycles. The second kappa shape index (κ2) is 8.13. The number of benzene rings is 1. The van der Waals surface area contributed by atoms with Crippen LogP contribution in [0, 0.1) is 13.8 Å². The molecule has 0 radical (unpaired) electrons. The first kappa shape index (κ1) is 19.4. The number of anilines is 1. The molecule has 144 valence electrons. The molecule has 1 atom stereocenters. The van der Waals surface area contributed by atoms with Gasteiger partial charge in [-0.2, -0.15) is 0 Å². The Morgan fingerprint density at radius 2 is 2.04 bits per heavy atom. The number of fused-ring (bicyclic) bond motifs is 1. The van der Waals surface area contributed by atoms with Gasteiger partial charge < -0.3 is 14.8 Å². The molecule has 1 aromatic carbocycles. The van der Waals surface area contributed by atoms with Crippen molar-refractivity contribution in [1.29, 1.82) is 0 Å². The second-order valence-corrected chi connectivity index (χ2v) is 7.91. The molecular formula is C21H25NO4S. The summed E-state index contributed by atoms with van der Waals surface area (Å²) in [4.78, 5) is 26.3. The van der Waals surface area contributed by atoms with Crippen LogP contribution in [0.25, 0.3) is 0 Å². The lowest BCUT2D eigenvalue weighted by Crippen LogP contribution is -2.30. The van der Waals surface area contributed by atoms with Gasteiger partial charge in [0.05, 0.1) is 12.2 Å². The Hall–Kier alpha value is -2.34. The third-order valence-corrected chi connectivity index (χ3v) is 5.86. The van der Waals surface area contributed by atoms with Crippen LogP contribution >= 0.6 is 11.3 Å². The van der Waals surface area contributed by atoms with E-state index in [0.29, 0.717) is 22.9 Å². The summed E-state index contributed by atoms with van der Waals surface area (Å²) >= 11 is 1.47. The number of nitrogens with one attached hydrogen (secondary N) is 1. The lowest BCUT2D eigenvalue weighted by atomic mass is 10.1. The van der Waals surface area contributed by atoms with E-state index in [9.17, 15) is 9.59 Å². The van der Waals surface area contributed by atoms with E-state index in [-0.39, 0.29) is 11.9 Å². The van der Waals surface area contributed by atoms with Crippen molar-refractivity contribution >= 4 is 28.2 Å². The van der Waals surface area contributed by atoms with Crippen molar-refractivity contribution in [3.63, 3.8) is 0 Å². The van der Waals surface area contributed by atoms with Crippen LogP contribution in [0.4, 0.5) is 5.00 Å². The van der Waals surface area contributed by atoms with Crippen LogP contribution in [0.15, 0.2) is 18.2 Å². The summed E-state index contributed by atoms with van der Waals surface area (Å²) in [5.74, 6) is 0.0496. The molecule has 1 aromatic heterocycles. The van der Waals surface area contributed by atoms with E-state index in [1.165, 1.54) is 11.3 Å². The molecule has 5 nitrogen and oxygen atoms in total. The topological polar surface area (TPSA) is 64.6 Å². The molecule has 1 unspecified atom stereocenters. The van der Waals surface area contributed by atoms with Gasteiger partial charge in [0.2, 0.25) is 0 Å². The summed E-state index contributed by atoms with van der Waals surface area (Å²) in [5, 5.41) is 3.46. The summed E-state index contributed by atoms with van der Waals surface area (Å²) in [6.45, 7) is 7.73. The molecule has 0 spiro atoms. The zero-order chi connectivity index (χ0) is 19.6. The van der Waals surface area contributed by atoms with Crippen LogP contribution < -0.4 is 10.1 Å². The highest BCUT2D eigenvalue weighted by Crippen LogP contribution is 2.39. The van der Waals surface area contributed by atoms with E-state index in [1.807, 2.05) is 32.0 Å².